The summed E-state index contributed by atoms with van der Waals surface area (Å²) in [5.41, 5.74) is 2.42. The van der Waals surface area contributed by atoms with Crippen LogP contribution >= 0.6 is 0 Å². The predicted octanol–water partition coefficient (Wildman–Crippen LogP) is 5.10. The molecule has 0 heterocycles. The highest BCUT2D eigenvalue weighted by Gasteiger charge is 2.18. The molecule has 3 rings (SSSR count). The lowest BCUT2D eigenvalue weighted by molar-refractivity contribution is 0.0734. The summed E-state index contributed by atoms with van der Waals surface area (Å²) < 4.78 is 21.3. The molecule has 0 N–H and O–H groups in total. The van der Waals surface area contributed by atoms with Crippen LogP contribution in [0.25, 0.3) is 12.2 Å². The Kier molecular flexibility index (Phi) is 6.53. The average Bonchev–Trinajstić information content (AvgIpc) is 2.78. The van der Waals surface area contributed by atoms with E-state index in [-0.39, 0.29) is 0 Å². The van der Waals surface area contributed by atoms with Crippen molar-refractivity contribution in [1.29, 1.82) is 0 Å². The van der Waals surface area contributed by atoms with Gasteiger partial charge >= 0.3 is 5.97 Å². The standard InChI is InChI=1S/C24H22O5/c1-26-21-15-19(16-22(27-2)23(21)28-3)24(25)29-20-13-11-18(12-14-20)10-9-17-7-5-4-6-8-17/h4-16H,1-3H3/b10-9+. The Morgan fingerprint density at radius 2 is 1.28 bits per heavy atom. The van der Waals surface area contributed by atoms with Crippen LogP contribution in [0.15, 0.2) is 66.7 Å². The maximum Gasteiger partial charge on any atom is 0.343 e. The van der Waals surface area contributed by atoms with E-state index in [0.29, 0.717) is 28.6 Å². The number of rotatable bonds is 7. The first-order valence-corrected chi connectivity index (χ1v) is 9.00. The van der Waals surface area contributed by atoms with Crippen LogP contribution in [0.1, 0.15) is 21.5 Å². The van der Waals surface area contributed by atoms with Crippen LogP contribution in [0.5, 0.6) is 23.0 Å². The first-order valence-electron chi connectivity index (χ1n) is 9.00. The van der Waals surface area contributed by atoms with E-state index in [2.05, 4.69) is 0 Å². The van der Waals surface area contributed by atoms with E-state index < -0.39 is 5.97 Å². The molecule has 0 amide bonds. The van der Waals surface area contributed by atoms with Crippen LogP contribution in [0, 0.1) is 0 Å². The maximum absolute atomic E-state index is 12.6. The zero-order chi connectivity index (χ0) is 20.6. The molecule has 0 fully saturated rings. The summed E-state index contributed by atoms with van der Waals surface area (Å²) in [6, 6.07) is 20.4. The van der Waals surface area contributed by atoms with E-state index >= 15 is 0 Å². The molecule has 3 aromatic rings. The van der Waals surface area contributed by atoms with E-state index in [9.17, 15) is 4.79 Å². The van der Waals surface area contributed by atoms with Gasteiger partial charge in [0.15, 0.2) is 11.5 Å². The first kappa shape index (κ1) is 20.0. The van der Waals surface area contributed by atoms with Crippen molar-refractivity contribution in [1.82, 2.24) is 0 Å². The van der Waals surface area contributed by atoms with Crippen LogP contribution in [0.3, 0.4) is 0 Å². The number of hydrogen-bond acceptors (Lipinski definition) is 5. The second kappa shape index (κ2) is 9.46. The monoisotopic (exact) mass is 390 g/mol. The van der Waals surface area contributed by atoms with Gasteiger partial charge in [-0.2, -0.15) is 0 Å². The van der Waals surface area contributed by atoms with Gasteiger partial charge in [-0.1, -0.05) is 54.6 Å². The number of esters is 1. The number of ether oxygens (including phenoxy) is 4. The molecule has 0 saturated heterocycles. The molecule has 0 aliphatic rings. The SMILES string of the molecule is COc1cc(C(=O)Oc2ccc(/C=C/c3ccccc3)cc2)cc(OC)c1OC. The van der Waals surface area contributed by atoms with E-state index in [1.807, 2.05) is 54.6 Å². The van der Waals surface area contributed by atoms with Gasteiger partial charge in [0.25, 0.3) is 0 Å². The van der Waals surface area contributed by atoms with E-state index in [4.69, 9.17) is 18.9 Å². The van der Waals surface area contributed by atoms with Gasteiger partial charge in [0, 0.05) is 0 Å². The van der Waals surface area contributed by atoms with Crippen molar-refractivity contribution in [2.75, 3.05) is 21.3 Å². The molecule has 0 spiro atoms. The Labute approximate surface area is 170 Å². The second-order valence-electron chi connectivity index (χ2n) is 6.12. The molecule has 0 unspecified atom stereocenters. The molecule has 0 aliphatic heterocycles. The molecule has 0 bridgehead atoms. The normalized spacial score (nSPS) is 10.6. The van der Waals surface area contributed by atoms with Crippen molar-refractivity contribution in [3.8, 4) is 23.0 Å². The number of hydrogen-bond donors (Lipinski definition) is 0. The zero-order valence-electron chi connectivity index (χ0n) is 16.5. The van der Waals surface area contributed by atoms with Crippen molar-refractivity contribution < 1.29 is 23.7 Å². The zero-order valence-corrected chi connectivity index (χ0v) is 16.5. The minimum atomic E-state index is -0.517. The predicted molar refractivity (Wildman–Crippen MR) is 113 cm³/mol. The van der Waals surface area contributed by atoms with E-state index in [1.54, 1.807) is 24.3 Å². The highest BCUT2D eigenvalue weighted by atomic mass is 16.5. The lowest BCUT2D eigenvalue weighted by Gasteiger charge is -2.13. The smallest absolute Gasteiger partial charge is 0.343 e. The molecule has 29 heavy (non-hydrogen) atoms. The van der Waals surface area contributed by atoms with Gasteiger partial charge in [-0.3, -0.25) is 0 Å². The highest BCUT2D eigenvalue weighted by molar-refractivity contribution is 5.92. The fraction of sp³-hybridized carbons (Fsp3) is 0.125. The van der Waals surface area contributed by atoms with Crippen molar-refractivity contribution >= 4 is 18.1 Å². The van der Waals surface area contributed by atoms with Gasteiger partial charge in [0.05, 0.1) is 26.9 Å². The third-order valence-electron chi connectivity index (χ3n) is 4.26. The van der Waals surface area contributed by atoms with Crippen LogP contribution in [-0.2, 0) is 0 Å². The Balaban J connectivity index is 1.73. The largest absolute Gasteiger partial charge is 0.493 e. The summed E-state index contributed by atoms with van der Waals surface area (Å²) in [5, 5.41) is 0. The van der Waals surface area contributed by atoms with Gasteiger partial charge in [-0.15, -0.1) is 0 Å². The quantitative estimate of drug-likeness (QED) is 0.319. The molecule has 3 aromatic carbocycles. The molecular formula is C24H22O5. The van der Waals surface area contributed by atoms with Crippen molar-refractivity contribution in [2.45, 2.75) is 0 Å². The van der Waals surface area contributed by atoms with Crippen molar-refractivity contribution in [2.24, 2.45) is 0 Å². The molecular weight excluding hydrogens is 368 g/mol. The molecule has 0 aliphatic carbocycles. The van der Waals surface area contributed by atoms with Gasteiger partial charge in [-0.05, 0) is 35.4 Å². The van der Waals surface area contributed by atoms with E-state index in [1.165, 1.54) is 21.3 Å². The average molecular weight is 390 g/mol. The van der Waals surface area contributed by atoms with Gasteiger partial charge < -0.3 is 18.9 Å². The summed E-state index contributed by atoms with van der Waals surface area (Å²) in [6.45, 7) is 0. The van der Waals surface area contributed by atoms with Crippen molar-refractivity contribution in [3.63, 3.8) is 0 Å². The number of carbonyl (C=O) groups is 1. The third kappa shape index (κ3) is 4.96. The number of benzene rings is 3. The Morgan fingerprint density at radius 1 is 0.724 bits per heavy atom. The van der Waals surface area contributed by atoms with Gasteiger partial charge in [0.1, 0.15) is 5.75 Å². The highest BCUT2D eigenvalue weighted by Crippen LogP contribution is 2.38. The Hall–Kier alpha value is -3.73. The second-order valence-corrected chi connectivity index (χ2v) is 6.12. The number of carbonyl (C=O) groups excluding carboxylic acids is 1. The summed E-state index contributed by atoms with van der Waals surface area (Å²) >= 11 is 0. The minimum absolute atomic E-state index is 0.299. The summed E-state index contributed by atoms with van der Waals surface area (Å²) in [5.74, 6) is 1.12. The molecule has 0 saturated carbocycles. The Morgan fingerprint density at radius 3 is 1.79 bits per heavy atom. The fourth-order valence-electron chi connectivity index (χ4n) is 2.77. The Bertz CT molecular complexity index is 967. The van der Waals surface area contributed by atoms with Gasteiger partial charge in [0.2, 0.25) is 5.75 Å². The molecule has 0 aromatic heterocycles. The summed E-state index contributed by atoms with van der Waals surface area (Å²) in [4.78, 5) is 12.6. The summed E-state index contributed by atoms with van der Waals surface area (Å²) in [7, 11) is 4.49. The minimum Gasteiger partial charge on any atom is -0.493 e. The molecule has 5 nitrogen and oxygen atoms in total. The lowest BCUT2D eigenvalue weighted by Crippen LogP contribution is -2.09. The van der Waals surface area contributed by atoms with Gasteiger partial charge in [-0.25, -0.2) is 4.79 Å². The molecule has 148 valence electrons. The number of methoxy groups -OCH3 is 3. The summed E-state index contributed by atoms with van der Waals surface area (Å²) in [6.07, 6.45) is 4.02. The van der Waals surface area contributed by atoms with Crippen LogP contribution in [0.4, 0.5) is 0 Å². The lowest BCUT2D eigenvalue weighted by atomic mass is 10.1. The maximum atomic E-state index is 12.6. The fourth-order valence-corrected chi connectivity index (χ4v) is 2.77. The molecule has 0 atom stereocenters. The molecule has 0 radical (unpaired) electrons. The van der Waals surface area contributed by atoms with E-state index in [0.717, 1.165) is 11.1 Å². The topological polar surface area (TPSA) is 54.0 Å². The van der Waals surface area contributed by atoms with Crippen LogP contribution in [-0.4, -0.2) is 27.3 Å². The first-order chi connectivity index (χ1) is 14.1. The molecule has 5 heteroatoms. The third-order valence-corrected chi connectivity index (χ3v) is 4.26. The van der Waals surface area contributed by atoms with Crippen LogP contribution in [0.2, 0.25) is 0 Å². The van der Waals surface area contributed by atoms with Crippen molar-refractivity contribution in [3.05, 3.63) is 83.4 Å². The van der Waals surface area contributed by atoms with Crippen LogP contribution < -0.4 is 18.9 Å².